The molecular weight excluding hydrogens is 365 g/mol. The van der Waals surface area contributed by atoms with Crippen LogP contribution in [0, 0.1) is 5.82 Å². The predicted molar refractivity (Wildman–Crippen MR) is 92.9 cm³/mol. The molecule has 0 bridgehead atoms. The van der Waals surface area contributed by atoms with E-state index in [2.05, 4.69) is 31.4 Å². The Hall–Kier alpha value is -2.05. The first kappa shape index (κ1) is 14.9. The molecule has 1 aromatic heterocycles. The van der Waals surface area contributed by atoms with Crippen LogP contribution >= 0.6 is 27.3 Å². The summed E-state index contributed by atoms with van der Waals surface area (Å²) < 4.78 is 13.7. The maximum Gasteiger partial charge on any atom is 0.203 e. The van der Waals surface area contributed by atoms with Crippen LogP contribution in [0.15, 0.2) is 63.5 Å². The number of rotatable bonds is 4. The van der Waals surface area contributed by atoms with Gasteiger partial charge in [-0.3, -0.25) is 5.43 Å². The molecule has 3 rings (SSSR count). The highest BCUT2D eigenvalue weighted by molar-refractivity contribution is 9.10. The zero-order valence-corrected chi connectivity index (χ0v) is 13.7. The number of thiazole rings is 1. The van der Waals surface area contributed by atoms with Gasteiger partial charge < -0.3 is 0 Å². The molecule has 0 amide bonds. The van der Waals surface area contributed by atoms with Crippen LogP contribution in [0.25, 0.3) is 11.3 Å². The summed E-state index contributed by atoms with van der Waals surface area (Å²) in [6.07, 6.45) is 1.62. The predicted octanol–water partition coefficient (Wildman–Crippen LogP) is 5.16. The zero-order valence-electron chi connectivity index (χ0n) is 11.3. The van der Waals surface area contributed by atoms with Crippen LogP contribution in [-0.2, 0) is 0 Å². The third kappa shape index (κ3) is 3.58. The second-order valence-corrected chi connectivity index (χ2v) is 6.15. The summed E-state index contributed by atoms with van der Waals surface area (Å²) in [6.45, 7) is 0. The van der Waals surface area contributed by atoms with E-state index >= 15 is 0 Å². The van der Waals surface area contributed by atoms with Crippen molar-refractivity contribution in [2.45, 2.75) is 0 Å². The van der Waals surface area contributed by atoms with E-state index < -0.39 is 0 Å². The second-order valence-electron chi connectivity index (χ2n) is 4.44. The lowest BCUT2D eigenvalue weighted by Crippen LogP contribution is -1.91. The summed E-state index contributed by atoms with van der Waals surface area (Å²) in [5.74, 6) is -0.288. The normalized spacial score (nSPS) is 11.0. The average Bonchev–Trinajstić information content (AvgIpc) is 2.99. The summed E-state index contributed by atoms with van der Waals surface area (Å²) in [5, 5.41) is 6.81. The van der Waals surface area contributed by atoms with Gasteiger partial charge in [-0.25, -0.2) is 9.37 Å². The quantitative estimate of drug-likeness (QED) is 0.505. The van der Waals surface area contributed by atoms with E-state index in [1.807, 2.05) is 35.7 Å². The van der Waals surface area contributed by atoms with Crippen LogP contribution in [-0.4, -0.2) is 11.2 Å². The molecule has 0 saturated carbocycles. The van der Waals surface area contributed by atoms with Crippen LogP contribution < -0.4 is 5.43 Å². The van der Waals surface area contributed by atoms with Gasteiger partial charge in [-0.1, -0.05) is 46.3 Å². The standard InChI is InChI=1S/C16H11BrFN3S/c17-14-8-13(18)7-6-12(14)9-19-21-16-20-15(10-22-16)11-4-2-1-3-5-11/h1-10H,(H,20,21). The summed E-state index contributed by atoms with van der Waals surface area (Å²) in [5.41, 5.74) is 5.65. The highest BCUT2D eigenvalue weighted by Crippen LogP contribution is 2.24. The van der Waals surface area contributed by atoms with Crippen molar-refractivity contribution < 1.29 is 4.39 Å². The SMILES string of the molecule is Fc1ccc(C=NNc2nc(-c3ccccc3)cs2)c(Br)c1. The van der Waals surface area contributed by atoms with E-state index in [-0.39, 0.29) is 5.82 Å². The lowest BCUT2D eigenvalue weighted by Gasteiger charge is -1.98. The number of aromatic nitrogens is 1. The van der Waals surface area contributed by atoms with Crippen molar-refractivity contribution in [2.75, 3.05) is 5.43 Å². The van der Waals surface area contributed by atoms with Crippen molar-refractivity contribution in [1.82, 2.24) is 4.98 Å². The number of anilines is 1. The summed E-state index contributed by atoms with van der Waals surface area (Å²) in [6, 6.07) is 14.4. The minimum atomic E-state index is -0.288. The van der Waals surface area contributed by atoms with Crippen LogP contribution in [0.2, 0.25) is 0 Å². The lowest BCUT2D eigenvalue weighted by molar-refractivity contribution is 0.627. The molecule has 0 saturated heterocycles. The Morgan fingerprint density at radius 2 is 2.00 bits per heavy atom. The van der Waals surface area contributed by atoms with Crippen molar-refractivity contribution in [1.29, 1.82) is 0 Å². The van der Waals surface area contributed by atoms with Crippen molar-refractivity contribution >= 4 is 38.6 Å². The van der Waals surface area contributed by atoms with Gasteiger partial charge >= 0.3 is 0 Å². The number of hydrogen-bond acceptors (Lipinski definition) is 4. The van der Waals surface area contributed by atoms with Crippen LogP contribution in [0.1, 0.15) is 5.56 Å². The Morgan fingerprint density at radius 3 is 2.77 bits per heavy atom. The maximum absolute atomic E-state index is 13.0. The number of nitrogens with zero attached hydrogens (tertiary/aromatic N) is 2. The van der Waals surface area contributed by atoms with Crippen molar-refractivity contribution in [3.8, 4) is 11.3 Å². The van der Waals surface area contributed by atoms with Gasteiger partial charge in [0.1, 0.15) is 5.82 Å². The zero-order chi connectivity index (χ0) is 15.4. The van der Waals surface area contributed by atoms with Crippen molar-refractivity contribution in [3.05, 3.63) is 69.8 Å². The van der Waals surface area contributed by atoms with Crippen LogP contribution in [0.5, 0.6) is 0 Å². The second kappa shape index (κ2) is 6.81. The number of halogens is 2. The molecule has 0 radical (unpaired) electrons. The maximum atomic E-state index is 13.0. The molecule has 0 atom stereocenters. The fourth-order valence-electron chi connectivity index (χ4n) is 1.83. The third-order valence-corrected chi connectivity index (χ3v) is 4.33. The first-order valence-corrected chi connectivity index (χ1v) is 8.15. The Labute approximate surface area is 139 Å². The minimum Gasteiger partial charge on any atom is -0.253 e. The molecule has 6 heteroatoms. The highest BCUT2D eigenvalue weighted by Gasteiger charge is 2.03. The Balaban J connectivity index is 1.69. The summed E-state index contributed by atoms with van der Waals surface area (Å²) in [7, 11) is 0. The fraction of sp³-hybridized carbons (Fsp3) is 0. The third-order valence-electron chi connectivity index (χ3n) is 2.90. The number of nitrogens with one attached hydrogen (secondary N) is 1. The van der Waals surface area contributed by atoms with Crippen molar-refractivity contribution in [2.24, 2.45) is 5.10 Å². The average molecular weight is 376 g/mol. The Kier molecular flexibility index (Phi) is 4.60. The van der Waals surface area contributed by atoms with E-state index in [9.17, 15) is 4.39 Å². The molecular formula is C16H11BrFN3S. The van der Waals surface area contributed by atoms with Gasteiger partial charge in [0.2, 0.25) is 5.13 Å². The molecule has 110 valence electrons. The molecule has 3 aromatic rings. The fourth-order valence-corrected chi connectivity index (χ4v) is 2.95. The smallest absolute Gasteiger partial charge is 0.203 e. The lowest BCUT2D eigenvalue weighted by atomic mass is 10.2. The molecule has 0 fully saturated rings. The van der Waals surface area contributed by atoms with Gasteiger partial charge in [0.05, 0.1) is 11.9 Å². The van der Waals surface area contributed by atoms with Gasteiger partial charge in [0, 0.05) is 21.0 Å². The number of benzene rings is 2. The molecule has 0 spiro atoms. The monoisotopic (exact) mass is 375 g/mol. The van der Waals surface area contributed by atoms with Gasteiger partial charge in [-0.15, -0.1) is 11.3 Å². The van der Waals surface area contributed by atoms with E-state index in [0.717, 1.165) is 16.8 Å². The first-order valence-electron chi connectivity index (χ1n) is 6.47. The molecule has 1 heterocycles. The molecule has 0 aliphatic heterocycles. The van der Waals surface area contributed by atoms with E-state index in [1.165, 1.54) is 23.5 Å². The number of hydrogen-bond donors (Lipinski definition) is 1. The van der Waals surface area contributed by atoms with E-state index in [1.54, 1.807) is 12.3 Å². The number of hydrazone groups is 1. The molecule has 0 aliphatic rings. The largest absolute Gasteiger partial charge is 0.253 e. The Bertz CT molecular complexity index is 802. The van der Waals surface area contributed by atoms with Crippen molar-refractivity contribution in [3.63, 3.8) is 0 Å². The van der Waals surface area contributed by atoms with E-state index in [0.29, 0.717) is 9.60 Å². The highest BCUT2D eigenvalue weighted by atomic mass is 79.9. The first-order chi connectivity index (χ1) is 10.7. The van der Waals surface area contributed by atoms with Crippen LogP contribution in [0.4, 0.5) is 9.52 Å². The molecule has 22 heavy (non-hydrogen) atoms. The molecule has 0 aliphatic carbocycles. The van der Waals surface area contributed by atoms with E-state index in [4.69, 9.17) is 0 Å². The molecule has 0 unspecified atom stereocenters. The topological polar surface area (TPSA) is 37.3 Å². The minimum absolute atomic E-state index is 0.288. The summed E-state index contributed by atoms with van der Waals surface area (Å²) >= 11 is 4.77. The molecule has 3 nitrogen and oxygen atoms in total. The van der Waals surface area contributed by atoms with Crippen LogP contribution in [0.3, 0.4) is 0 Å². The molecule has 2 aromatic carbocycles. The van der Waals surface area contributed by atoms with Gasteiger partial charge in [-0.05, 0) is 18.2 Å². The Morgan fingerprint density at radius 1 is 1.18 bits per heavy atom. The van der Waals surface area contributed by atoms with Gasteiger partial charge in [-0.2, -0.15) is 5.10 Å². The molecule has 1 N–H and O–H groups in total. The summed E-state index contributed by atoms with van der Waals surface area (Å²) in [4.78, 5) is 4.47. The van der Waals surface area contributed by atoms with Gasteiger partial charge in [0.25, 0.3) is 0 Å². The van der Waals surface area contributed by atoms with Gasteiger partial charge in [0.15, 0.2) is 0 Å².